The summed E-state index contributed by atoms with van der Waals surface area (Å²) in [4.78, 5) is 89.2. The van der Waals surface area contributed by atoms with E-state index in [9.17, 15) is 28.8 Å². The minimum Gasteiger partial charge on any atom is -0.247 e. The van der Waals surface area contributed by atoms with E-state index in [0.29, 0.717) is 57.8 Å². The number of carbonyl (C=O) groups excluding carboxylic acids is 3. The molecule has 3 aliphatic rings. The van der Waals surface area contributed by atoms with E-state index in [2.05, 4.69) is 56.5 Å². The zero-order valence-electron chi connectivity index (χ0n) is 30.4. The highest BCUT2D eigenvalue weighted by molar-refractivity contribution is 5.34. The maximum absolute atomic E-state index is 14.4. The molecule has 48 heavy (non-hydrogen) atoms. The summed E-state index contributed by atoms with van der Waals surface area (Å²) in [6.07, 6.45) is 10.7. The molecule has 6 atom stereocenters. The van der Waals surface area contributed by atoms with Gasteiger partial charge in [-0.1, -0.05) is 62.3 Å². The predicted molar refractivity (Wildman–Crippen MR) is 182 cm³/mol. The zero-order valence-corrected chi connectivity index (χ0v) is 30.4. The fourth-order valence-corrected chi connectivity index (χ4v) is 10.8. The van der Waals surface area contributed by atoms with Gasteiger partial charge in [0.1, 0.15) is 0 Å². The summed E-state index contributed by atoms with van der Waals surface area (Å²) in [5.41, 5.74) is -4.35. The van der Waals surface area contributed by atoms with Crippen LogP contribution < -0.4 is 17.1 Å². The molecule has 0 amide bonds. The van der Waals surface area contributed by atoms with Gasteiger partial charge in [0.05, 0.1) is 18.1 Å². The first kappa shape index (κ1) is 37.4. The van der Waals surface area contributed by atoms with Gasteiger partial charge in [-0.25, -0.2) is 57.4 Å². The van der Waals surface area contributed by atoms with Gasteiger partial charge in [0.25, 0.3) is 0 Å². The third-order valence-corrected chi connectivity index (χ3v) is 11.0. The minimum atomic E-state index is -0.668. The molecule has 4 rings (SSSR count). The molecule has 0 radical (unpaired) electrons. The van der Waals surface area contributed by atoms with Crippen LogP contribution in [0.3, 0.4) is 0 Å². The lowest BCUT2D eigenvalue weighted by atomic mass is 9.62. The smallest absolute Gasteiger partial charge is 0.247 e. The zero-order chi connectivity index (χ0) is 35.9. The third-order valence-electron chi connectivity index (χ3n) is 11.0. The van der Waals surface area contributed by atoms with Crippen molar-refractivity contribution in [2.75, 3.05) is 0 Å². The Morgan fingerprint density at radius 2 is 0.708 bits per heavy atom. The molecule has 1 aromatic heterocycles. The Morgan fingerprint density at radius 1 is 0.479 bits per heavy atom. The molecule has 1 aromatic rings. The summed E-state index contributed by atoms with van der Waals surface area (Å²) in [6, 6.07) is -0.882. The van der Waals surface area contributed by atoms with E-state index in [1.807, 2.05) is 20.8 Å². The molecule has 12 heteroatoms. The lowest BCUT2D eigenvalue weighted by molar-refractivity contribution is 0.0519. The highest BCUT2D eigenvalue weighted by atomic mass is 16.2. The van der Waals surface area contributed by atoms with E-state index < -0.39 is 33.3 Å². The van der Waals surface area contributed by atoms with Crippen molar-refractivity contribution in [2.45, 2.75) is 158 Å². The first-order valence-corrected chi connectivity index (χ1v) is 17.2. The van der Waals surface area contributed by atoms with Crippen LogP contribution >= 0.6 is 0 Å². The van der Waals surface area contributed by atoms with Gasteiger partial charge in [-0.05, 0) is 90.3 Å². The molecule has 1 heterocycles. The summed E-state index contributed by atoms with van der Waals surface area (Å²) < 4.78 is 3.63. The largest absolute Gasteiger partial charge is 0.336 e. The van der Waals surface area contributed by atoms with E-state index in [-0.39, 0.29) is 54.0 Å². The molecule has 264 valence electrons. The number of isocyanates is 3. The number of rotatable bonds is 9. The minimum absolute atomic E-state index is 0.0553. The average molecular weight is 667 g/mol. The molecule has 3 fully saturated rings. The van der Waals surface area contributed by atoms with Crippen LogP contribution in [0.5, 0.6) is 0 Å². The Labute approximate surface area is 282 Å². The Balaban J connectivity index is 1.89. The summed E-state index contributed by atoms with van der Waals surface area (Å²) in [7, 11) is 0. The topological polar surface area (TPSA) is 154 Å². The van der Waals surface area contributed by atoms with Crippen LogP contribution in [0.25, 0.3) is 0 Å². The first-order valence-electron chi connectivity index (χ1n) is 17.2. The van der Waals surface area contributed by atoms with E-state index in [1.165, 1.54) is 13.7 Å². The molecular formula is C36H54N6O6. The molecular weight excluding hydrogens is 612 g/mol. The molecule has 0 N–H and O–H groups in total. The second-order valence-corrected chi connectivity index (χ2v) is 18.9. The van der Waals surface area contributed by atoms with Crippen molar-refractivity contribution in [3.63, 3.8) is 0 Å². The van der Waals surface area contributed by atoms with Gasteiger partial charge in [0, 0.05) is 19.6 Å². The Morgan fingerprint density at radius 3 is 0.917 bits per heavy atom. The highest BCUT2D eigenvalue weighted by Crippen LogP contribution is 2.50. The normalized spacial score (nSPS) is 33.8. The maximum Gasteiger partial charge on any atom is 0.336 e. The Kier molecular flexibility index (Phi) is 10.2. The molecule has 0 bridgehead atoms. The maximum atomic E-state index is 14.4. The van der Waals surface area contributed by atoms with E-state index in [4.69, 9.17) is 0 Å². The van der Waals surface area contributed by atoms with Gasteiger partial charge in [-0.3, -0.25) is 0 Å². The monoisotopic (exact) mass is 666 g/mol. The number of aliphatic imine (C=N–C) groups is 3. The average Bonchev–Trinajstić information content (AvgIpc) is 2.89. The molecule has 0 saturated heterocycles. The standard InChI is InChI=1S/C36H54N6O6/c1-31(2)10-25(37-22-43)13-34(7,16-31)19-40-28(46)41(20-35(8)14-26(38-23-44)11-32(3,4)17-35)30(48)42(29(40)47)21-36(9)15-27(39-24-45)12-33(5,6)18-36/h25-27H,10-21H2,1-9H3/t25-,26-,27-,34+,35+,36+/m0/s1. The van der Waals surface area contributed by atoms with Crippen molar-refractivity contribution < 1.29 is 14.4 Å². The Bertz CT molecular complexity index is 1500. The van der Waals surface area contributed by atoms with Crippen LogP contribution in [-0.4, -0.2) is 50.1 Å². The Hall–Kier alpha value is -3.45. The highest BCUT2D eigenvalue weighted by Gasteiger charge is 2.46. The van der Waals surface area contributed by atoms with Gasteiger partial charge in [0.15, 0.2) is 0 Å². The molecule has 12 nitrogen and oxygen atoms in total. The molecule has 0 unspecified atom stereocenters. The van der Waals surface area contributed by atoms with Gasteiger partial charge >= 0.3 is 17.1 Å². The fourth-order valence-electron chi connectivity index (χ4n) is 10.8. The van der Waals surface area contributed by atoms with Crippen LogP contribution in [0.2, 0.25) is 0 Å². The number of aromatic nitrogens is 3. The summed E-state index contributed by atoms with van der Waals surface area (Å²) in [6.45, 7) is 18.7. The van der Waals surface area contributed by atoms with Gasteiger partial charge < -0.3 is 0 Å². The lowest BCUT2D eigenvalue weighted by Crippen LogP contribution is -2.59. The van der Waals surface area contributed by atoms with Gasteiger partial charge in [-0.2, -0.15) is 0 Å². The number of hydrogen-bond donors (Lipinski definition) is 0. The third kappa shape index (κ3) is 8.58. The van der Waals surface area contributed by atoms with E-state index >= 15 is 0 Å². The van der Waals surface area contributed by atoms with Crippen molar-refractivity contribution in [3.05, 3.63) is 31.5 Å². The molecule has 0 spiro atoms. The van der Waals surface area contributed by atoms with Crippen LogP contribution in [-0.2, 0) is 34.0 Å². The van der Waals surface area contributed by atoms with E-state index in [0.717, 1.165) is 0 Å². The van der Waals surface area contributed by atoms with E-state index in [1.54, 1.807) is 18.2 Å². The van der Waals surface area contributed by atoms with Crippen molar-refractivity contribution in [1.29, 1.82) is 0 Å². The summed E-state index contributed by atoms with van der Waals surface area (Å²) in [5.74, 6) is 0. The number of hydrogen-bond acceptors (Lipinski definition) is 9. The van der Waals surface area contributed by atoms with Crippen LogP contribution in [0.1, 0.15) is 120 Å². The molecule has 0 aromatic carbocycles. The fraction of sp³-hybridized carbons (Fsp3) is 0.833. The quantitative estimate of drug-likeness (QED) is 0.269. The SMILES string of the molecule is CC1(C)C[C@H](N=C=O)C[C@@](C)(Cn2c(=O)n(C[C@]3(C)C[C@@H](N=C=O)CC(C)(C)C3)c(=O)n(C[C@]3(C)C[C@@H](N=C=O)CC(C)(C)C3)c2=O)C1. The van der Waals surface area contributed by atoms with Gasteiger partial charge in [0.2, 0.25) is 18.2 Å². The first-order chi connectivity index (χ1) is 22.1. The molecule has 3 aliphatic carbocycles. The summed E-state index contributed by atoms with van der Waals surface area (Å²) in [5, 5.41) is 0. The second-order valence-electron chi connectivity index (χ2n) is 18.9. The summed E-state index contributed by atoms with van der Waals surface area (Å²) >= 11 is 0. The van der Waals surface area contributed by atoms with Crippen LogP contribution in [0.4, 0.5) is 0 Å². The molecule has 3 saturated carbocycles. The van der Waals surface area contributed by atoms with Gasteiger partial charge in [-0.15, -0.1) is 0 Å². The van der Waals surface area contributed by atoms with Crippen molar-refractivity contribution in [2.24, 2.45) is 47.5 Å². The second kappa shape index (κ2) is 13.1. The predicted octanol–water partition coefficient (Wildman–Crippen LogP) is 4.93. The number of nitrogens with zero attached hydrogens (tertiary/aromatic N) is 6. The van der Waals surface area contributed by atoms with Crippen LogP contribution in [0.15, 0.2) is 29.4 Å². The lowest BCUT2D eigenvalue weighted by Gasteiger charge is -2.46. The van der Waals surface area contributed by atoms with Crippen molar-refractivity contribution >= 4 is 18.2 Å². The molecule has 0 aliphatic heterocycles. The van der Waals surface area contributed by atoms with Crippen molar-refractivity contribution in [3.8, 4) is 0 Å². The van der Waals surface area contributed by atoms with Crippen LogP contribution in [0, 0.1) is 32.5 Å². The van der Waals surface area contributed by atoms with Crippen molar-refractivity contribution in [1.82, 2.24) is 13.7 Å².